The van der Waals surface area contributed by atoms with Gasteiger partial charge in [-0.25, -0.2) is 0 Å². The lowest BCUT2D eigenvalue weighted by molar-refractivity contribution is -0.136. The predicted octanol–water partition coefficient (Wildman–Crippen LogP) is 1.74. The highest BCUT2D eigenvalue weighted by molar-refractivity contribution is 5.76. The molecule has 0 bridgehead atoms. The number of hydrogen-bond donors (Lipinski definition) is 1. The van der Waals surface area contributed by atoms with Crippen molar-refractivity contribution < 1.29 is 9.53 Å². The van der Waals surface area contributed by atoms with Gasteiger partial charge in [-0.1, -0.05) is 30.3 Å². The number of carbonyl (C=O) groups is 1. The van der Waals surface area contributed by atoms with E-state index >= 15 is 0 Å². The molecule has 0 aromatic heterocycles. The quantitative estimate of drug-likeness (QED) is 0.892. The van der Waals surface area contributed by atoms with Crippen molar-refractivity contribution in [3.63, 3.8) is 0 Å². The summed E-state index contributed by atoms with van der Waals surface area (Å²) < 4.78 is 5.91. The number of fused-ring (bicyclic) bond motifs is 1. The Bertz CT molecular complexity index is 580. The molecule has 142 valence electrons. The molecule has 0 radical (unpaired) electrons. The van der Waals surface area contributed by atoms with Gasteiger partial charge in [0.25, 0.3) is 0 Å². The van der Waals surface area contributed by atoms with Gasteiger partial charge in [-0.2, -0.15) is 0 Å². The maximum atomic E-state index is 12.8. The van der Waals surface area contributed by atoms with Crippen molar-refractivity contribution in [1.29, 1.82) is 0 Å². The molecule has 5 nitrogen and oxygen atoms in total. The van der Waals surface area contributed by atoms with E-state index in [4.69, 9.17) is 4.74 Å². The van der Waals surface area contributed by atoms with Gasteiger partial charge in [-0.05, 0) is 43.3 Å². The molecule has 1 aromatic carbocycles. The first kappa shape index (κ1) is 18.0. The number of hydrogen-bond acceptors (Lipinski definition) is 4. The lowest BCUT2D eigenvalue weighted by Crippen LogP contribution is -2.45. The number of morpholine rings is 1. The first-order valence-corrected chi connectivity index (χ1v) is 10.1. The van der Waals surface area contributed by atoms with Gasteiger partial charge in [0.1, 0.15) is 0 Å². The van der Waals surface area contributed by atoms with Crippen LogP contribution in [0.1, 0.15) is 24.8 Å². The SMILES string of the molecule is O=C(CC1CN(Cc2ccccc2)CCO1)N1CC[C@@H]2CNC[C@@H]2CC1. The molecule has 26 heavy (non-hydrogen) atoms. The zero-order valence-electron chi connectivity index (χ0n) is 15.6. The van der Waals surface area contributed by atoms with Crippen LogP contribution in [-0.4, -0.2) is 67.7 Å². The van der Waals surface area contributed by atoms with Gasteiger partial charge in [-0.3, -0.25) is 9.69 Å². The predicted molar refractivity (Wildman–Crippen MR) is 102 cm³/mol. The van der Waals surface area contributed by atoms with E-state index in [2.05, 4.69) is 45.4 Å². The third-order valence-corrected chi connectivity index (χ3v) is 6.25. The Hall–Kier alpha value is -1.43. The van der Waals surface area contributed by atoms with Crippen molar-refractivity contribution in [3.8, 4) is 0 Å². The van der Waals surface area contributed by atoms with Gasteiger partial charge in [0.2, 0.25) is 5.91 Å². The Labute approximate surface area is 156 Å². The average molecular weight is 357 g/mol. The molecule has 5 heteroatoms. The van der Waals surface area contributed by atoms with Crippen molar-refractivity contribution >= 4 is 5.91 Å². The van der Waals surface area contributed by atoms with E-state index in [1.54, 1.807) is 0 Å². The number of ether oxygens (including phenoxy) is 1. The third-order valence-electron chi connectivity index (χ3n) is 6.25. The summed E-state index contributed by atoms with van der Waals surface area (Å²) in [5.41, 5.74) is 1.33. The second-order valence-electron chi connectivity index (χ2n) is 8.05. The molecule has 4 rings (SSSR count). The number of nitrogens with one attached hydrogen (secondary N) is 1. The summed E-state index contributed by atoms with van der Waals surface area (Å²) in [6.07, 6.45) is 2.85. The zero-order chi connectivity index (χ0) is 17.8. The smallest absolute Gasteiger partial charge is 0.225 e. The van der Waals surface area contributed by atoms with Crippen LogP contribution in [-0.2, 0) is 16.1 Å². The fourth-order valence-corrected chi connectivity index (χ4v) is 4.68. The van der Waals surface area contributed by atoms with Crippen LogP contribution in [0.3, 0.4) is 0 Å². The second kappa shape index (κ2) is 8.51. The highest BCUT2D eigenvalue weighted by Gasteiger charge is 2.32. The molecule has 1 N–H and O–H groups in total. The lowest BCUT2D eigenvalue weighted by atomic mass is 9.92. The molecule has 3 heterocycles. The minimum atomic E-state index is 0.0318. The molecule has 0 aliphatic carbocycles. The summed E-state index contributed by atoms with van der Waals surface area (Å²) in [7, 11) is 0. The molecular weight excluding hydrogens is 326 g/mol. The normalized spacial score (nSPS) is 30.0. The molecule has 1 amide bonds. The molecule has 1 unspecified atom stereocenters. The highest BCUT2D eigenvalue weighted by atomic mass is 16.5. The lowest BCUT2D eigenvalue weighted by Gasteiger charge is -2.33. The van der Waals surface area contributed by atoms with Gasteiger partial charge < -0.3 is 15.0 Å². The summed E-state index contributed by atoms with van der Waals surface area (Å²) in [4.78, 5) is 17.3. The number of carbonyl (C=O) groups excluding carboxylic acids is 1. The summed E-state index contributed by atoms with van der Waals surface area (Å²) in [6, 6.07) is 10.6. The van der Waals surface area contributed by atoms with Crippen LogP contribution in [0.2, 0.25) is 0 Å². The fourth-order valence-electron chi connectivity index (χ4n) is 4.68. The standard InChI is InChI=1S/C21H31N3O2/c25-21(24-8-6-18-13-22-14-19(18)7-9-24)12-20-16-23(10-11-26-20)15-17-4-2-1-3-5-17/h1-5,18-20,22H,6-16H2/t18-,19+,20?. The third kappa shape index (κ3) is 4.45. The average Bonchev–Trinajstić information content (AvgIpc) is 3.01. The molecule has 1 aromatic rings. The van der Waals surface area contributed by atoms with E-state index < -0.39 is 0 Å². The van der Waals surface area contributed by atoms with Crippen LogP contribution >= 0.6 is 0 Å². The van der Waals surface area contributed by atoms with Crippen molar-refractivity contribution in [2.24, 2.45) is 11.8 Å². The molecule has 3 saturated heterocycles. The van der Waals surface area contributed by atoms with Gasteiger partial charge in [0.15, 0.2) is 0 Å². The highest BCUT2D eigenvalue weighted by Crippen LogP contribution is 2.27. The Kier molecular flexibility index (Phi) is 5.88. The van der Waals surface area contributed by atoms with E-state index in [0.29, 0.717) is 6.42 Å². The Morgan fingerprint density at radius 3 is 2.54 bits per heavy atom. The summed E-state index contributed by atoms with van der Waals surface area (Å²) in [5.74, 6) is 1.81. The number of likely N-dealkylation sites (tertiary alicyclic amines) is 1. The van der Waals surface area contributed by atoms with Crippen LogP contribution in [0.25, 0.3) is 0 Å². The first-order chi connectivity index (χ1) is 12.8. The maximum Gasteiger partial charge on any atom is 0.225 e. The Morgan fingerprint density at radius 1 is 1.08 bits per heavy atom. The number of amides is 1. The van der Waals surface area contributed by atoms with Crippen LogP contribution in [0.15, 0.2) is 30.3 Å². The zero-order valence-corrected chi connectivity index (χ0v) is 15.6. The van der Waals surface area contributed by atoms with E-state index in [1.807, 2.05) is 0 Å². The molecule has 0 spiro atoms. The van der Waals surface area contributed by atoms with Crippen molar-refractivity contribution in [3.05, 3.63) is 35.9 Å². The monoisotopic (exact) mass is 357 g/mol. The second-order valence-corrected chi connectivity index (χ2v) is 8.05. The van der Waals surface area contributed by atoms with Gasteiger partial charge in [0.05, 0.1) is 19.1 Å². The van der Waals surface area contributed by atoms with E-state index in [0.717, 1.165) is 77.1 Å². The van der Waals surface area contributed by atoms with Crippen molar-refractivity contribution in [2.45, 2.75) is 31.9 Å². The summed E-state index contributed by atoms with van der Waals surface area (Å²) in [6.45, 7) is 7.56. The Balaban J connectivity index is 1.27. The number of benzene rings is 1. The number of rotatable bonds is 4. The molecule has 0 saturated carbocycles. The van der Waals surface area contributed by atoms with Gasteiger partial charge >= 0.3 is 0 Å². The molecule has 3 aliphatic rings. The fraction of sp³-hybridized carbons (Fsp3) is 0.667. The topological polar surface area (TPSA) is 44.8 Å². The van der Waals surface area contributed by atoms with Crippen LogP contribution in [0.5, 0.6) is 0 Å². The van der Waals surface area contributed by atoms with Crippen LogP contribution in [0.4, 0.5) is 0 Å². The molecule has 3 aliphatic heterocycles. The largest absolute Gasteiger partial charge is 0.375 e. The summed E-state index contributed by atoms with van der Waals surface area (Å²) >= 11 is 0. The van der Waals surface area contributed by atoms with Crippen molar-refractivity contribution in [2.75, 3.05) is 45.9 Å². The van der Waals surface area contributed by atoms with Gasteiger partial charge in [0, 0.05) is 32.7 Å². The van der Waals surface area contributed by atoms with Gasteiger partial charge in [-0.15, -0.1) is 0 Å². The van der Waals surface area contributed by atoms with E-state index in [9.17, 15) is 4.79 Å². The molecule has 3 fully saturated rings. The molecule has 3 atom stereocenters. The maximum absolute atomic E-state index is 12.8. The minimum Gasteiger partial charge on any atom is -0.375 e. The Morgan fingerprint density at radius 2 is 1.81 bits per heavy atom. The van der Waals surface area contributed by atoms with Crippen molar-refractivity contribution in [1.82, 2.24) is 15.1 Å². The minimum absolute atomic E-state index is 0.0318. The first-order valence-electron chi connectivity index (χ1n) is 10.1. The van der Waals surface area contributed by atoms with E-state index in [1.165, 1.54) is 5.56 Å². The molecular formula is C21H31N3O2. The summed E-state index contributed by atoms with van der Waals surface area (Å²) in [5, 5.41) is 3.50. The number of nitrogens with zero attached hydrogens (tertiary/aromatic N) is 2. The van der Waals surface area contributed by atoms with Crippen LogP contribution in [0, 0.1) is 11.8 Å². The van der Waals surface area contributed by atoms with E-state index in [-0.39, 0.29) is 12.0 Å². The van der Waals surface area contributed by atoms with Crippen LogP contribution < -0.4 is 5.32 Å².